The molecule has 0 aromatic heterocycles. The summed E-state index contributed by atoms with van der Waals surface area (Å²) in [6.07, 6.45) is 24.7. The highest BCUT2D eigenvalue weighted by molar-refractivity contribution is 5.15. The summed E-state index contributed by atoms with van der Waals surface area (Å²) in [6.45, 7) is 5.57. The maximum Gasteiger partial charge on any atom is 0.0537 e. The van der Waals surface area contributed by atoms with Crippen LogP contribution in [0.3, 0.4) is 0 Å². The minimum absolute atomic E-state index is 0.0230. The number of allylic oxidation sites excluding steroid dienone is 1. The largest absolute Gasteiger partial charge is 0.395 e. The van der Waals surface area contributed by atoms with E-state index in [9.17, 15) is 5.11 Å². The molecule has 2 heteroatoms. The van der Waals surface area contributed by atoms with E-state index in [1.165, 1.54) is 102 Å². The summed E-state index contributed by atoms with van der Waals surface area (Å²) in [5.41, 5.74) is 1.33. The van der Waals surface area contributed by atoms with Gasteiger partial charge in [-0.15, -0.1) is 0 Å². The monoisotopic (exact) mass is 351 g/mol. The lowest BCUT2D eigenvalue weighted by Crippen LogP contribution is -2.25. The summed E-state index contributed by atoms with van der Waals surface area (Å²) in [6, 6.07) is 0. The van der Waals surface area contributed by atoms with Gasteiger partial charge in [0, 0.05) is 17.7 Å². The van der Waals surface area contributed by atoms with E-state index in [2.05, 4.69) is 25.2 Å². The maximum absolute atomic E-state index is 9.36. The molecule has 2 nitrogen and oxygen atoms in total. The Hall–Kier alpha value is -0.500. The molecule has 0 saturated heterocycles. The van der Waals surface area contributed by atoms with Gasteiger partial charge in [-0.3, -0.25) is 0 Å². The van der Waals surface area contributed by atoms with Gasteiger partial charge in [0.25, 0.3) is 0 Å². The average Bonchev–Trinajstić information content (AvgIpc) is 3.00. The van der Waals surface area contributed by atoms with Crippen LogP contribution in [0.2, 0.25) is 0 Å². The van der Waals surface area contributed by atoms with E-state index >= 15 is 0 Å². The van der Waals surface area contributed by atoms with Crippen LogP contribution in [-0.2, 0) is 0 Å². The van der Waals surface area contributed by atoms with Gasteiger partial charge < -0.3 is 10.4 Å². The predicted molar refractivity (Wildman–Crippen MR) is 111 cm³/mol. The molecule has 1 atom stereocenters. The van der Waals surface area contributed by atoms with Crippen molar-refractivity contribution in [3.8, 4) is 0 Å². The third-order valence-electron chi connectivity index (χ3n) is 5.65. The summed E-state index contributed by atoms with van der Waals surface area (Å²) in [7, 11) is 0. The second kappa shape index (κ2) is 14.6. The molecule has 1 rings (SSSR count). The Morgan fingerprint density at radius 1 is 0.800 bits per heavy atom. The van der Waals surface area contributed by atoms with Crippen LogP contribution in [0.1, 0.15) is 117 Å². The molecule has 0 spiro atoms. The topological polar surface area (TPSA) is 32.3 Å². The lowest BCUT2D eigenvalue weighted by atomic mass is 9.93. The molecule has 0 saturated carbocycles. The van der Waals surface area contributed by atoms with Gasteiger partial charge in [-0.2, -0.15) is 0 Å². The molecule has 25 heavy (non-hydrogen) atoms. The lowest BCUT2D eigenvalue weighted by Gasteiger charge is -2.15. The smallest absolute Gasteiger partial charge is 0.0537 e. The van der Waals surface area contributed by atoms with Crippen LogP contribution in [0, 0.1) is 5.41 Å². The minimum Gasteiger partial charge on any atom is -0.395 e. The van der Waals surface area contributed by atoms with Crippen LogP contribution in [0.5, 0.6) is 0 Å². The molecular formula is C23H45NO. The van der Waals surface area contributed by atoms with Crippen LogP contribution in [0.15, 0.2) is 11.8 Å². The van der Waals surface area contributed by atoms with E-state index in [-0.39, 0.29) is 12.0 Å². The summed E-state index contributed by atoms with van der Waals surface area (Å²) < 4.78 is 0. The summed E-state index contributed by atoms with van der Waals surface area (Å²) >= 11 is 0. The first kappa shape index (κ1) is 22.5. The fourth-order valence-corrected chi connectivity index (χ4v) is 3.79. The third-order valence-corrected chi connectivity index (χ3v) is 5.65. The molecule has 0 aromatic carbocycles. The van der Waals surface area contributed by atoms with Crippen molar-refractivity contribution in [3.63, 3.8) is 0 Å². The third kappa shape index (κ3) is 11.7. The quantitative estimate of drug-likeness (QED) is 0.285. The Bertz CT molecular complexity index is 339. The Morgan fingerprint density at radius 3 is 1.64 bits per heavy atom. The highest BCUT2D eigenvalue weighted by Crippen LogP contribution is 2.26. The number of hydrogen-bond donors (Lipinski definition) is 2. The van der Waals surface area contributed by atoms with Crippen molar-refractivity contribution in [2.45, 2.75) is 117 Å². The van der Waals surface area contributed by atoms with Crippen molar-refractivity contribution in [2.75, 3.05) is 13.2 Å². The summed E-state index contributed by atoms with van der Waals surface area (Å²) in [5.74, 6) is 0. The zero-order valence-corrected chi connectivity index (χ0v) is 17.3. The number of hydrogen-bond acceptors (Lipinski definition) is 2. The van der Waals surface area contributed by atoms with Crippen LogP contribution < -0.4 is 5.32 Å². The van der Waals surface area contributed by atoms with Gasteiger partial charge >= 0.3 is 0 Å². The Balaban J connectivity index is 1.77. The fraction of sp³-hybridized carbons (Fsp3) is 0.913. The average molecular weight is 352 g/mol. The first-order valence-electron chi connectivity index (χ1n) is 11.3. The van der Waals surface area contributed by atoms with Crippen molar-refractivity contribution >= 4 is 0 Å². The second-order valence-electron chi connectivity index (χ2n) is 8.54. The first-order valence-corrected chi connectivity index (χ1v) is 11.3. The van der Waals surface area contributed by atoms with E-state index < -0.39 is 0 Å². The molecule has 0 aliphatic carbocycles. The summed E-state index contributed by atoms with van der Waals surface area (Å²) in [4.78, 5) is 0. The van der Waals surface area contributed by atoms with Gasteiger partial charge in [0.05, 0.1) is 6.61 Å². The zero-order chi connectivity index (χ0) is 18.2. The standard InChI is InChI=1S/C23H45NO/c1-3-4-5-6-7-8-9-10-11-12-13-14-15-16-17-18-22-19-23(2,21-25)20-24-22/h19,24-25H,3-18,20-21H2,1-2H3. The molecule has 2 N–H and O–H groups in total. The molecule has 1 heterocycles. The van der Waals surface area contributed by atoms with Crippen molar-refractivity contribution in [1.29, 1.82) is 0 Å². The Kier molecular flexibility index (Phi) is 13.2. The first-order chi connectivity index (χ1) is 12.2. The highest BCUT2D eigenvalue weighted by atomic mass is 16.3. The minimum atomic E-state index is -0.0230. The van der Waals surface area contributed by atoms with Gasteiger partial charge in [-0.05, 0) is 12.8 Å². The zero-order valence-electron chi connectivity index (χ0n) is 17.3. The Morgan fingerprint density at radius 2 is 1.24 bits per heavy atom. The van der Waals surface area contributed by atoms with Gasteiger partial charge in [-0.25, -0.2) is 0 Å². The molecule has 0 fully saturated rings. The van der Waals surface area contributed by atoms with Gasteiger partial charge in [0.15, 0.2) is 0 Å². The van der Waals surface area contributed by atoms with Crippen LogP contribution >= 0.6 is 0 Å². The van der Waals surface area contributed by atoms with E-state index in [0.29, 0.717) is 0 Å². The van der Waals surface area contributed by atoms with E-state index in [1.54, 1.807) is 0 Å². The fourth-order valence-electron chi connectivity index (χ4n) is 3.79. The molecule has 0 aromatic rings. The van der Waals surface area contributed by atoms with Crippen LogP contribution in [0.25, 0.3) is 0 Å². The number of unbranched alkanes of at least 4 members (excludes halogenated alkanes) is 14. The van der Waals surface area contributed by atoms with Crippen LogP contribution in [-0.4, -0.2) is 18.3 Å². The van der Waals surface area contributed by atoms with Crippen molar-refractivity contribution in [2.24, 2.45) is 5.41 Å². The number of nitrogens with one attached hydrogen (secondary N) is 1. The molecular weight excluding hydrogens is 306 g/mol. The number of aliphatic hydroxyl groups is 1. The number of aliphatic hydroxyl groups excluding tert-OH is 1. The summed E-state index contributed by atoms with van der Waals surface area (Å²) in [5, 5.41) is 12.8. The molecule has 1 aliphatic rings. The maximum atomic E-state index is 9.36. The van der Waals surface area contributed by atoms with Gasteiger partial charge in [0.2, 0.25) is 0 Å². The molecule has 1 unspecified atom stereocenters. The second-order valence-corrected chi connectivity index (χ2v) is 8.54. The van der Waals surface area contributed by atoms with Crippen molar-refractivity contribution in [3.05, 3.63) is 11.8 Å². The normalized spacial score (nSPS) is 19.9. The molecule has 148 valence electrons. The molecule has 0 amide bonds. The number of rotatable bonds is 17. The van der Waals surface area contributed by atoms with Gasteiger partial charge in [0.1, 0.15) is 0 Å². The molecule has 0 radical (unpaired) electrons. The van der Waals surface area contributed by atoms with Crippen molar-refractivity contribution < 1.29 is 5.11 Å². The Labute approximate surface area is 157 Å². The molecule has 1 aliphatic heterocycles. The van der Waals surface area contributed by atoms with E-state index in [1.807, 2.05) is 0 Å². The lowest BCUT2D eigenvalue weighted by molar-refractivity contribution is 0.192. The predicted octanol–water partition coefficient (Wildman–Crippen LogP) is 6.73. The van der Waals surface area contributed by atoms with Crippen LogP contribution in [0.4, 0.5) is 0 Å². The van der Waals surface area contributed by atoms with E-state index in [4.69, 9.17) is 0 Å². The SMILES string of the molecule is CCCCCCCCCCCCCCCCCC1=CC(C)(CO)CN1. The molecule has 0 bridgehead atoms. The van der Waals surface area contributed by atoms with Gasteiger partial charge in [-0.1, -0.05) is 110 Å². The van der Waals surface area contributed by atoms with E-state index in [0.717, 1.165) is 13.0 Å². The van der Waals surface area contributed by atoms with Crippen molar-refractivity contribution in [1.82, 2.24) is 5.32 Å². The highest BCUT2D eigenvalue weighted by Gasteiger charge is 2.26.